The third-order valence-corrected chi connectivity index (χ3v) is 5.35. The van der Waals surface area contributed by atoms with Gasteiger partial charge in [-0.05, 0) is 26.9 Å². The molecule has 0 aromatic carbocycles. The van der Waals surface area contributed by atoms with Gasteiger partial charge in [-0.25, -0.2) is 8.42 Å². The monoisotopic (exact) mass is 292 g/mol. The summed E-state index contributed by atoms with van der Waals surface area (Å²) in [5.74, 6) is 0.0763. The van der Waals surface area contributed by atoms with Crippen LogP contribution in [0.2, 0.25) is 0 Å². The molecule has 2 atom stereocenters. The highest BCUT2D eigenvalue weighted by molar-refractivity contribution is 7.91. The van der Waals surface area contributed by atoms with E-state index in [1.807, 2.05) is 18.9 Å². The van der Waals surface area contributed by atoms with E-state index in [9.17, 15) is 13.2 Å². The first kappa shape index (κ1) is 16.4. The van der Waals surface area contributed by atoms with Gasteiger partial charge < -0.3 is 10.1 Å². The van der Waals surface area contributed by atoms with Gasteiger partial charge in [-0.2, -0.15) is 0 Å². The number of ether oxygens (including phenoxy) is 1. The third-order valence-electron chi connectivity index (χ3n) is 3.60. The van der Waals surface area contributed by atoms with Gasteiger partial charge >= 0.3 is 5.97 Å². The first-order valence-electron chi connectivity index (χ1n) is 6.48. The van der Waals surface area contributed by atoms with Crippen molar-refractivity contribution in [1.82, 2.24) is 10.2 Å². The van der Waals surface area contributed by atoms with E-state index in [-0.39, 0.29) is 23.5 Å². The summed E-state index contributed by atoms with van der Waals surface area (Å²) in [5.41, 5.74) is -0.815. The van der Waals surface area contributed by atoms with Gasteiger partial charge in [-0.15, -0.1) is 0 Å². The molecule has 0 aromatic rings. The lowest BCUT2D eigenvalue weighted by Gasteiger charge is -2.34. The number of rotatable bonds is 6. The first-order valence-corrected chi connectivity index (χ1v) is 8.30. The summed E-state index contributed by atoms with van der Waals surface area (Å²) < 4.78 is 27.8. The molecule has 1 rings (SSSR count). The second-order valence-corrected chi connectivity index (χ2v) is 7.55. The summed E-state index contributed by atoms with van der Waals surface area (Å²) in [6.45, 7) is 4.76. The average Bonchev–Trinajstić information content (AvgIpc) is 2.69. The lowest BCUT2D eigenvalue weighted by atomic mass is 10.0. The number of methoxy groups -OCH3 is 1. The lowest BCUT2D eigenvalue weighted by Crippen LogP contribution is -2.58. The van der Waals surface area contributed by atoms with Crippen LogP contribution in [-0.4, -0.2) is 69.6 Å². The van der Waals surface area contributed by atoms with Crippen LogP contribution in [0.3, 0.4) is 0 Å². The van der Waals surface area contributed by atoms with Crippen LogP contribution < -0.4 is 5.32 Å². The zero-order valence-corrected chi connectivity index (χ0v) is 12.9. The number of nitrogens with one attached hydrogen (secondary N) is 1. The number of likely N-dealkylation sites (N-methyl/N-ethyl adjacent to an activating group) is 2. The van der Waals surface area contributed by atoms with E-state index >= 15 is 0 Å². The summed E-state index contributed by atoms with van der Waals surface area (Å²) in [6, 6.07) is -0.0207. The first-order chi connectivity index (χ1) is 8.74. The molecule has 6 nitrogen and oxygen atoms in total. The Hall–Kier alpha value is -0.660. The van der Waals surface area contributed by atoms with E-state index in [4.69, 9.17) is 4.74 Å². The predicted octanol–water partition coefficient (Wildman–Crippen LogP) is -0.353. The van der Waals surface area contributed by atoms with Crippen LogP contribution in [0.25, 0.3) is 0 Å². The van der Waals surface area contributed by atoms with Crippen molar-refractivity contribution in [1.29, 1.82) is 0 Å². The fourth-order valence-electron chi connectivity index (χ4n) is 2.56. The SMILES string of the molecule is CCNC(C)(CN(C)C1CCS(=O)(=O)C1)C(=O)OC. The molecule has 0 aliphatic carbocycles. The molecule has 19 heavy (non-hydrogen) atoms. The minimum Gasteiger partial charge on any atom is -0.468 e. The Balaban J connectivity index is 2.72. The molecule has 0 aromatic heterocycles. The zero-order valence-electron chi connectivity index (χ0n) is 12.1. The van der Waals surface area contributed by atoms with Gasteiger partial charge in [-0.1, -0.05) is 6.92 Å². The molecule has 1 saturated heterocycles. The molecule has 1 aliphatic rings. The molecule has 0 bridgehead atoms. The highest BCUT2D eigenvalue weighted by atomic mass is 32.2. The molecule has 1 N–H and O–H groups in total. The van der Waals surface area contributed by atoms with Crippen molar-refractivity contribution >= 4 is 15.8 Å². The summed E-state index contributed by atoms with van der Waals surface area (Å²) in [5, 5.41) is 3.12. The van der Waals surface area contributed by atoms with Crippen molar-refractivity contribution in [3.8, 4) is 0 Å². The number of hydrogen-bond acceptors (Lipinski definition) is 6. The molecule has 0 amide bonds. The highest BCUT2D eigenvalue weighted by Gasteiger charge is 2.38. The molecule has 1 heterocycles. The Morgan fingerprint density at radius 3 is 2.58 bits per heavy atom. The molecule has 2 unspecified atom stereocenters. The summed E-state index contributed by atoms with van der Waals surface area (Å²) in [4.78, 5) is 13.8. The van der Waals surface area contributed by atoms with Crippen LogP contribution in [0.15, 0.2) is 0 Å². The van der Waals surface area contributed by atoms with Gasteiger partial charge in [0.1, 0.15) is 5.54 Å². The van der Waals surface area contributed by atoms with Crippen LogP contribution in [0.4, 0.5) is 0 Å². The Morgan fingerprint density at radius 2 is 2.16 bits per heavy atom. The van der Waals surface area contributed by atoms with Crippen molar-refractivity contribution < 1.29 is 17.9 Å². The number of hydrogen-bond donors (Lipinski definition) is 1. The van der Waals surface area contributed by atoms with Crippen molar-refractivity contribution in [2.24, 2.45) is 0 Å². The van der Waals surface area contributed by atoms with Crippen molar-refractivity contribution in [2.45, 2.75) is 31.8 Å². The van der Waals surface area contributed by atoms with E-state index in [0.717, 1.165) is 0 Å². The van der Waals surface area contributed by atoms with Crippen molar-refractivity contribution in [2.75, 3.05) is 38.8 Å². The number of sulfone groups is 1. The largest absolute Gasteiger partial charge is 0.468 e. The maximum atomic E-state index is 11.9. The smallest absolute Gasteiger partial charge is 0.327 e. The van der Waals surface area contributed by atoms with Gasteiger partial charge in [0.2, 0.25) is 0 Å². The molecule has 0 spiro atoms. The highest BCUT2D eigenvalue weighted by Crippen LogP contribution is 2.19. The predicted molar refractivity (Wildman–Crippen MR) is 73.8 cm³/mol. The molecular formula is C12H24N2O4S. The maximum absolute atomic E-state index is 11.9. The van der Waals surface area contributed by atoms with Crippen molar-refractivity contribution in [3.63, 3.8) is 0 Å². The van der Waals surface area contributed by atoms with Crippen LogP contribution >= 0.6 is 0 Å². The molecule has 1 fully saturated rings. The second kappa shape index (κ2) is 6.19. The molecule has 7 heteroatoms. The van der Waals surface area contributed by atoms with E-state index in [2.05, 4.69) is 5.32 Å². The van der Waals surface area contributed by atoms with Crippen LogP contribution in [0.5, 0.6) is 0 Å². The molecule has 112 valence electrons. The van der Waals surface area contributed by atoms with Gasteiger partial charge in [0.25, 0.3) is 0 Å². The Bertz CT molecular complexity index is 423. The normalized spacial score (nSPS) is 25.2. The van der Waals surface area contributed by atoms with Gasteiger partial charge in [0.15, 0.2) is 9.84 Å². The van der Waals surface area contributed by atoms with Crippen molar-refractivity contribution in [3.05, 3.63) is 0 Å². The summed E-state index contributed by atoms with van der Waals surface area (Å²) >= 11 is 0. The number of carbonyl (C=O) groups is 1. The fraction of sp³-hybridized carbons (Fsp3) is 0.917. The van der Waals surface area contributed by atoms with Crippen LogP contribution in [-0.2, 0) is 19.4 Å². The Kier molecular flexibility index (Phi) is 5.34. The summed E-state index contributed by atoms with van der Waals surface area (Å²) in [7, 11) is 0.298. The van der Waals surface area contributed by atoms with Gasteiger partial charge in [0, 0.05) is 12.6 Å². The minimum absolute atomic E-state index is 0.0207. The van der Waals surface area contributed by atoms with E-state index in [1.54, 1.807) is 6.92 Å². The maximum Gasteiger partial charge on any atom is 0.327 e. The Morgan fingerprint density at radius 1 is 1.53 bits per heavy atom. The third kappa shape index (κ3) is 4.15. The second-order valence-electron chi connectivity index (χ2n) is 5.33. The molecular weight excluding hydrogens is 268 g/mol. The topological polar surface area (TPSA) is 75.7 Å². The van der Waals surface area contributed by atoms with Crippen LogP contribution in [0.1, 0.15) is 20.3 Å². The van der Waals surface area contributed by atoms with E-state index in [1.165, 1.54) is 7.11 Å². The number of esters is 1. The molecule has 1 aliphatic heterocycles. The number of carbonyl (C=O) groups excluding carboxylic acids is 1. The Labute approximate surface area is 115 Å². The standard InChI is InChI=1S/C12H24N2O4S/c1-5-13-12(2,11(15)18-4)9-14(3)10-6-7-19(16,17)8-10/h10,13H,5-9H2,1-4H3. The average molecular weight is 292 g/mol. The quantitative estimate of drug-likeness (QED) is 0.674. The fourth-order valence-corrected chi connectivity index (χ4v) is 4.36. The molecule has 0 saturated carbocycles. The van der Waals surface area contributed by atoms with Gasteiger partial charge in [0.05, 0.1) is 18.6 Å². The van der Waals surface area contributed by atoms with E-state index in [0.29, 0.717) is 19.5 Å². The zero-order chi connectivity index (χ0) is 14.7. The summed E-state index contributed by atoms with van der Waals surface area (Å²) in [6.07, 6.45) is 0.627. The van der Waals surface area contributed by atoms with Crippen LogP contribution in [0, 0.1) is 0 Å². The number of nitrogens with zero attached hydrogens (tertiary/aromatic N) is 1. The van der Waals surface area contributed by atoms with E-state index < -0.39 is 15.4 Å². The molecule has 0 radical (unpaired) electrons. The minimum atomic E-state index is -2.91. The lowest BCUT2D eigenvalue weighted by molar-refractivity contribution is -0.148. The van der Waals surface area contributed by atoms with Gasteiger partial charge in [-0.3, -0.25) is 9.69 Å².